The molecule has 1 aliphatic rings. The van der Waals surface area contributed by atoms with Crippen molar-refractivity contribution in [2.24, 2.45) is 5.92 Å². The van der Waals surface area contributed by atoms with Crippen molar-refractivity contribution in [2.75, 3.05) is 21.3 Å². The first-order valence-electron chi connectivity index (χ1n) is 9.51. The van der Waals surface area contributed by atoms with E-state index in [4.69, 9.17) is 14.2 Å². The molecule has 0 atom stereocenters. The van der Waals surface area contributed by atoms with Crippen molar-refractivity contribution in [3.05, 3.63) is 42.6 Å². The fourth-order valence-corrected chi connectivity index (χ4v) is 4.21. The number of ether oxygens (including phenoxy) is 3. The van der Waals surface area contributed by atoms with Crippen LogP contribution in [0.5, 0.6) is 5.75 Å². The summed E-state index contributed by atoms with van der Waals surface area (Å²) in [6.07, 6.45) is 4.48. The standard InChI is InChI=1S/C22H25NO6/c1-27-17-11-5-4-9-15(17)16-10-8-14-23(16)22(12-6-7-13-22)19(24)18(20(25)28-2)21(26)29-3/h4-5,8-11,14,18H,6-7,12-13H2,1-3H3. The highest BCUT2D eigenvalue weighted by Crippen LogP contribution is 2.43. The number of hydrogen-bond donors (Lipinski definition) is 0. The third kappa shape index (κ3) is 3.52. The predicted molar refractivity (Wildman–Crippen MR) is 105 cm³/mol. The Balaban J connectivity index is 2.14. The molecule has 1 aliphatic carbocycles. The molecule has 0 spiro atoms. The number of methoxy groups -OCH3 is 3. The summed E-state index contributed by atoms with van der Waals surface area (Å²) in [6.45, 7) is 0. The summed E-state index contributed by atoms with van der Waals surface area (Å²) < 4.78 is 16.8. The van der Waals surface area contributed by atoms with Crippen molar-refractivity contribution in [2.45, 2.75) is 31.2 Å². The summed E-state index contributed by atoms with van der Waals surface area (Å²) in [6, 6.07) is 11.3. The number of ketones is 1. The second kappa shape index (κ2) is 8.51. The van der Waals surface area contributed by atoms with Gasteiger partial charge in [0, 0.05) is 11.8 Å². The van der Waals surface area contributed by atoms with Gasteiger partial charge in [-0.1, -0.05) is 25.0 Å². The molecule has 0 saturated heterocycles. The van der Waals surface area contributed by atoms with Gasteiger partial charge in [0.25, 0.3) is 0 Å². The summed E-state index contributed by atoms with van der Waals surface area (Å²) in [5.41, 5.74) is 0.574. The molecule has 0 bridgehead atoms. The smallest absolute Gasteiger partial charge is 0.327 e. The van der Waals surface area contributed by atoms with Crippen LogP contribution in [0.15, 0.2) is 42.6 Å². The summed E-state index contributed by atoms with van der Waals surface area (Å²) in [4.78, 5) is 38.3. The number of esters is 2. The van der Waals surface area contributed by atoms with Crippen LogP contribution >= 0.6 is 0 Å². The van der Waals surface area contributed by atoms with Crippen LogP contribution in [0.3, 0.4) is 0 Å². The van der Waals surface area contributed by atoms with Crippen LogP contribution in [-0.2, 0) is 29.4 Å². The van der Waals surface area contributed by atoms with Crippen LogP contribution in [0.1, 0.15) is 25.7 Å². The number of hydrogen-bond acceptors (Lipinski definition) is 6. The molecule has 7 heteroatoms. The molecule has 0 amide bonds. The van der Waals surface area contributed by atoms with Crippen molar-refractivity contribution < 1.29 is 28.6 Å². The van der Waals surface area contributed by atoms with Crippen LogP contribution < -0.4 is 4.74 Å². The van der Waals surface area contributed by atoms with Gasteiger partial charge in [0.1, 0.15) is 11.3 Å². The van der Waals surface area contributed by atoms with E-state index in [1.54, 1.807) is 7.11 Å². The number of benzene rings is 1. The first-order chi connectivity index (χ1) is 14.0. The van der Waals surface area contributed by atoms with Gasteiger partial charge in [-0.2, -0.15) is 0 Å². The fourth-order valence-electron chi connectivity index (χ4n) is 4.21. The second-order valence-corrected chi connectivity index (χ2v) is 7.05. The van der Waals surface area contributed by atoms with E-state index < -0.39 is 29.2 Å². The molecule has 1 aromatic heterocycles. The van der Waals surface area contributed by atoms with Crippen LogP contribution in [0.4, 0.5) is 0 Å². The molecule has 1 aromatic carbocycles. The summed E-state index contributed by atoms with van der Waals surface area (Å²) >= 11 is 0. The van der Waals surface area contributed by atoms with Crippen LogP contribution in [0, 0.1) is 5.92 Å². The molecule has 2 aromatic rings. The minimum atomic E-state index is -1.61. The lowest BCUT2D eigenvalue weighted by Crippen LogP contribution is -2.48. The van der Waals surface area contributed by atoms with E-state index in [2.05, 4.69) is 0 Å². The Morgan fingerprint density at radius 3 is 2.14 bits per heavy atom. The number of carbonyl (C=O) groups is 3. The zero-order valence-electron chi connectivity index (χ0n) is 16.8. The molecule has 154 valence electrons. The highest BCUT2D eigenvalue weighted by atomic mass is 16.5. The Kier molecular flexibility index (Phi) is 6.06. The van der Waals surface area contributed by atoms with Crippen LogP contribution in [-0.4, -0.2) is 43.6 Å². The summed E-state index contributed by atoms with van der Waals surface area (Å²) in [5.74, 6) is -3.25. The van der Waals surface area contributed by atoms with Crippen LogP contribution in [0.25, 0.3) is 11.3 Å². The maximum atomic E-state index is 13.7. The second-order valence-electron chi connectivity index (χ2n) is 7.05. The van der Waals surface area contributed by atoms with E-state index in [0.717, 1.165) is 38.3 Å². The lowest BCUT2D eigenvalue weighted by atomic mass is 9.83. The molecular weight excluding hydrogens is 374 g/mol. The van der Waals surface area contributed by atoms with Gasteiger partial charge in [-0.3, -0.25) is 14.4 Å². The molecule has 0 aliphatic heterocycles. The largest absolute Gasteiger partial charge is 0.496 e. The van der Waals surface area contributed by atoms with Gasteiger partial charge in [-0.05, 0) is 37.1 Å². The Morgan fingerprint density at radius 1 is 0.931 bits per heavy atom. The van der Waals surface area contributed by atoms with E-state index in [1.807, 2.05) is 47.2 Å². The number of rotatable bonds is 7. The van der Waals surface area contributed by atoms with Gasteiger partial charge in [0.2, 0.25) is 5.92 Å². The van der Waals surface area contributed by atoms with E-state index in [9.17, 15) is 14.4 Å². The maximum Gasteiger partial charge on any atom is 0.327 e. The molecule has 3 rings (SSSR count). The average Bonchev–Trinajstić information content (AvgIpc) is 3.43. The molecule has 7 nitrogen and oxygen atoms in total. The highest BCUT2D eigenvalue weighted by Gasteiger charge is 2.51. The van der Waals surface area contributed by atoms with Gasteiger partial charge in [0.15, 0.2) is 5.78 Å². The van der Waals surface area contributed by atoms with Crippen molar-refractivity contribution in [3.63, 3.8) is 0 Å². The molecule has 29 heavy (non-hydrogen) atoms. The number of carbonyl (C=O) groups excluding carboxylic acids is 3. The summed E-state index contributed by atoms with van der Waals surface area (Å²) in [7, 11) is 3.90. The van der Waals surface area contributed by atoms with E-state index in [1.165, 1.54) is 0 Å². The minimum Gasteiger partial charge on any atom is -0.496 e. The average molecular weight is 399 g/mol. The quantitative estimate of drug-likeness (QED) is 0.526. The first-order valence-corrected chi connectivity index (χ1v) is 9.51. The molecule has 0 N–H and O–H groups in total. The third-order valence-corrected chi connectivity index (χ3v) is 5.62. The van der Waals surface area contributed by atoms with Crippen molar-refractivity contribution >= 4 is 17.7 Å². The van der Waals surface area contributed by atoms with Gasteiger partial charge < -0.3 is 18.8 Å². The molecular formula is C22H25NO6. The third-order valence-electron chi connectivity index (χ3n) is 5.62. The zero-order chi connectivity index (χ0) is 21.0. The Bertz CT molecular complexity index is 894. The topological polar surface area (TPSA) is 83.8 Å². The molecule has 0 radical (unpaired) electrons. The lowest BCUT2D eigenvalue weighted by Gasteiger charge is -2.33. The molecule has 0 unspecified atom stereocenters. The van der Waals surface area contributed by atoms with Gasteiger partial charge in [-0.25, -0.2) is 0 Å². The van der Waals surface area contributed by atoms with Gasteiger partial charge >= 0.3 is 11.9 Å². The first kappa shape index (κ1) is 20.6. The molecule has 1 heterocycles. The van der Waals surface area contributed by atoms with Crippen molar-refractivity contribution in [3.8, 4) is 17.0 Å². The normalized spacial score (nSPS) is 15.2. The van der Waals surface area contributed by atoms with E-state index >= 15 is 0 Å². The Labute approximate surface area is 169 Å². The van der Waals surface area contributed by atoms with Crippen LogP contribution in [0.2, 0.25) is 0 Å². The molecule has 1 saturated carbocycles. The van der Waals surface area contributed by atoms with Gasteiger partial charge in [0.05, 0.1) is 27.0 Å². The number of aromatic nitrogens is 1. The Hall–Kier alpha value is -3.09. The molecule has 1 fully saturated rings. The minimum absolute atomic E-state index is 0.499. The number of Topliss-reactive ketones (excluding diaryl/α,β-unsaturated/α-hetero) is 1. The number of para-hydroxylation sites is 1. The van der Waals surface area contributed by atoms with E-state index in [-0.39, 0.29) is 0 Å². The Morgan fingerprint density at radius 2 is 1.55 bits per heavy atom. The maximum absolute atomic E-state index is 13.7. The summed E-state index contributed by atoms with van der Waals surface area (Å²) in [5, 5.41) is 0. The SMILES string of the molecule is COC(=O)C(C(=O)OC)C(=O)C1(n2cccc2-c2ccccc2OC)CCCC1. The fraction of sp³-hybridized carbons (Fsp3) is 0.409. The predicted octanol–water partition coefficient (Wildman–Crippen LogP) is 2.96. The zero-order valence-corrected chi connectivity index (χ0v) is 16.8. The highest BCUT2D eigenvalue weighted by molar-refractivity contribution is 6.17. The lowest BCUT2D eigenvalue weighted by molar-refractivity contribution is -0.163. The van der Waals surface area contributed by atoms with E-state index in [0.29, 0.717) is 18.6 Å². The monoisotopic (exact) mass is 399 g/mol. The number of nitrogens with zero attached hydrogens (tertiary/aromatic N) is 1. The van der Waals surface area contributed by atoms with Crippen molar-refractivity contribution in [1.82, 2.24) is 4.57 Å². The van der Waals surface area contributed by atoms with Crippen molar-refractivity contribution in [1.29, 1.82) is 0 Å². The van der Waals surface area contributed by atoms with Gasteiger partial charge in [-0.15, -0.1) is 0 Å².